The van der Waals surface area contributed by atoms with Crippen molar-refractivity contribution in [3.05, 3.63) is 0 Å². The molecule has 1 unspecified atom stereocenters. The lowest BCUT2D eigenvalue weighted by atomic mass is 10.2. The molecule has 8 heteroatoms. The van der Waals surface area contributed by atoms with E-state index in [-0.39, 0.29) is 38.1 Å². The van der Waals surface area contributed by atoms with Crippen LogP contribution in [0.1, 0.15) is 0 Å². The summed E-state index contributed by atoms with van der Waals surface area (Å²) in [7, 11) is 0. The lowest BCUT2D eigenvalue weighted by molar-refractivity contribution is -0.126. The zero-order valence-corrected chi connectivity index (χ0v) is 8.62. The number of amides is 3. The molecule has 0 aromatic heterocycles. The molecule has 1 atom stereocenters. The standard InChI is InChI=1S/C8H14N4O4/c9-8(15)16-2-1-10-7(14)5-3-12-6(13)4-11-5/h5,11H,1-4H2,(H2,9,15)(H,10,14)(H,12,13). The lowest BCUT2D eigenvalue weighted by Gasteiger charge is -2.22. The molecule has 0 saturated carbocycles. The normalized spacial score (nSPS) is 19.8. The highest BCUT2D eigenvalue weighted by atomic mass is 16.5. The number of hydrogen-bond donors (Lipinski definition) is 4. The van der Waals surface area contributed by atoms with Gasteiger partial charge in [0.25, 0.3) is 0 Å². The summed E-state index contributed by atoms with van der Waals surface area (Å²) in [5.41, 5.74) is 4.73. The summed E-state index contributed by atoms with van der Waals surface area (Å²) in [5.74, 6) is -0.394. The van der Waals surface area contributed by atoms with Crippen molar-refractivity contribution in [1.29, 1.82) is 0 Å². The van der Waals surface area contributed by atoms with Crippen molar-refractivity contribution >= 4 is 17.9 Å². The van der Waals surface area contributed by atoms with Crippen molar-refractivity contribution in [2.75, 3.05) is 26.2 Å². The van der Waals surface area contributed by atoms with Crippen LogP contribution < -0.4 is 21.7 Å². The van der Waals surface area contributed by atoms with Gasteiger partial charge in [-0.2, -0.15) is 0 Å². The Morgan fingerprint density at radius 3 is 2.88 bits per heavy atom. The van der Waals surface area contributed by atoms with E-state index in [2.05, 4.69) is 20.7 Å². The van der Waals surface area contributed by atoms with E-state index in [9.17, 15) is 14.4 Å². The average Bonchev–Trinajstić information content (AvgIpc) is 2.25. The molecule has 1 aliphatic rings. The minimum absolute atomic E-state index is 0.0279. The molecule has 1 rings (SSSR count). The predicted molar refractivity (Wildman–Crippen MR) is 53.3 cm³/mol. The van der Waals surface area contributed by atoms with E-state index in [1.54, 1.807) is 0 Å². The Hall–Kier alpha value is -1.83. The van der Waals surface area contributed by atoms with Crippen LogP contribution in [0, 0.1) is 0 Å². The number of carbonyl (C=O) groups is 3. The van der Waals surface area contributed by atoms with Crippen molar-refractivity contribution in [2.45, 2.75) is 6.04 Å². The van der Waals surface area contributed by atoms with Crippen LogP contribution in [0.4, 0.5) is 4.79 Å². The second-order valence-electron chi connectivity index (χ2n) is 3.20. The molecule has 3 amide bonds. The topological polar surface area (TPSA) is 123 Å². The van der Waals surface area contributed by atoms with E-state index in [0.717, 1.165) is 0 Å². The first-order valence-electron chi connectivity index (χ1n) is 4.79. The summed E-state index contributed by atoms with van der Waals surface area (Å²) in [6.07, 6.45) is -0.877. The molecule has 8 nitrogen and oxygen atoms in total. The van der Waals surface area contributed by atoms with Crippen molar-refractivity contribution < 1.29 is 19.1 Å². The minimum atomic E-state index is -0.877. The van der Waals surface area contributed by atoms with E-state index in [4.69, 9.17) is 5.73 Å². The Morgan fingerprint density at radius 1 is 1.56 bits per heavy atom. The van der Waals surface area contributed by atoms with Gasteiger partial charge in [0, 0.05) is 6.54 Å². The summed E-state index contributed by atoms with van der Waals surface area (Å²) < 4.78 is 4.43. The predicted octanol–water partition coefficient (Wildman–Crippen LogP) is -2.71. The van der Waals surface area contributed by atoms with Gasteiger partial charge < -0.3 is 21.1 Å². The van der Waals surface area contributed by atoms with Crippen molar-refractivity contribution in [3.8, 4) is 0 Å². The second kappa shape index (κ2) is 5.91. The fourth-order valence-electron chi connectivity index (χ4n) is 1.20. The molecule has 1 fully saturated rings. The Bertz CT molecular complexity index is 284. The van der Waals surface area contributed by atoms with Gasteiger partial charge in [-0.3, -0.25) is 14.9 Å². The molecule has 0 radical (unpaired) electrons. The fourth-order valence-corrected chi connectivity index (χ4v) is 1.20. The van der Waals surface area contributed by atoms with Gasteiger partial charge in [-0.25, -0.2) is 4.79 Å². The zero-order chi connectivity index (χ0) is 12.0. The Morgan fingerprint density at radius 2 is 2.31 bits per heavy atom. The molecule has 1 saturated heterocycles. The molecular formula is C8H14N4O4. The number of piperazine rings is 1. The van der Waals surface area contributed by atoms with Crippen LogP contribution in [0.15, 0.2) is 0 Å². The summed E-state index contributed by atoms with van der Waals surface area (Å²) >= 11 is 0. The molecular weight excluding hydrogens is 216 g/mol. The fraction of sp³-hybridized carbons (Fsp3) is 0.625. The molecule has 1 heterocycles. The maximum absolute atomic E-state index is 11.5. The minimum Gasteiger partial charge on any atom is -0.448 e. The Kier molecular flexibility index (Phi) is 4.52. The van der Waals surface area contributed by atoms with Crippen LogP contribution in [0.25, 0.3) is 0 Å². The molecule has 0 bridgehead atoms. The Balaban J connectivity index is 2.15. The number of nitrogens with two attached hydrogens (primary N) is 1. The maximum Gasteiger partial charge on any atom is 0.404 e. The summed E-state index contributed by atoms with van der Waals surface area (Å²) in [4.78, 5) is 32.5. The van der Waals surface area contributed by atoms with Crippen molar-refractivity contribution in [2.24, 2.45) is 5.73 Å². The SMILES string of the molecule is NC(=O)OCCNC(=O)C1CNC(=O)CN1. The number of carbonyl (C=O) groups excluding carboxylic acids is 3. The van der Waals surface area contributed by atoms with E-state index < -0.39 is 12.1 Å². The van der Waals surface area contributed by atoms with E-state index in [0.29, 0.717) is 0 Å². The van der Waals surface area contributed by atoms with Gasteiger partial charge in [0.1, 0.15) is 12.6 Å². The van der Waals surface area contributed by atoms with Crippen LogP contribution in [0.5, 0.6) is 0 Å². The molecule has 0 aromatic carbocycles. The third-order valence-corrected chi connectivity index (χ3v) is 1.97. The highest BCUT2D eigenvalue weighted by Crippen LogP contribution is 1.88. The molecule has 0 aliphatic carbocycles. The lowest BCUT2D eigenvalue weighted by Crippen LogP contribution is -2.58. The monoisotopic (exact) mass is 230 g/mol. The van der Waals surface area contributed by atoms with Crippen LogP contribution >= 0.6 is 0 Å². The number of rotatable bonds is 4. The molecule has 5 N–H and O–H groups in total. The van der Waals surface area contributed by atoms with Gasteiger partial charge in [-0.1, -0.05) is 0 Å². The van der Waals surface area contributed by atoms with Crippen LogP contribution in [0.3, 0.4) is 0 Å². The van der Waals surface area contributed by atoms with Gasteiger partial charge in [0.05, 0.1) is 13.1 Å². The third-order valence-electron chi connectivity index (χ3n) is 1.97. The highest BCUT2D eigenvalue weighted by molar-refractivity contribution is 5.86. The first-order chi connectivity index (χ1) is 7.59. The largest absolute Gasteiger partial charge is 0.448 e. The highest BCUT2D eigenvalue weighted by Gasteiger charge is 2.23. The smallest absolute Gasteiger partial charge is 0.404 e. The van der Waals surface area contributed by atoms with Crippen molar-refractivity contribution in [3.63, 3.8) is 0 Å². The first kappa shape index (κ1) is 12.2. The molecule has 16 heavy (non-hydrogen) atoms. The van der Waals surface area contributed by atoms with Crippen LogP contribution in [-0.4, -0.2) is 50.2 Å². The van der Waals surface area contributed by atoms with Gasteiger partial charge >= 0.3 is 6.09 Å². The van der Waals surface area contributed by atoms with Gasteiger partial charge in [0.2, 0.25) is 11.8 Å². The van der Waals surface area contributed by atoms with Crippen LogP contribution in [-0.2, 0) is 14.3 Å². The summed E-state index contributed by atoms with van der Waals surface area (Å²) in [6.45, 7) is 0.589. The maximum atomic E-state index is 11.5. The zero-order valence-electron chi connectivity index (χ0n) is 8.62. The van der Waals surface area contributed by atoms with Gasteiger partial charge in [-0.05, 0) is 0 Å². The molecule has 0 spiro atoms. The number of nitrogens with one attached hydrogen (secondary N) is 3. The molecule has 0 aromatic rings. The quantitative estimate of drug-likeness (QED) is 0.391. The summed E-state index contributed by atoms with van der Waals surface area (Å²) in [6, 6.07) is -0.453. The first-order valence-corrected chi connectivity index (χ1v) is 4.79. The number of primary amides is 1. The summed E-state index contributed by atoms with van der Waals surface area (Å²) in [5, 5.41) is 7.85. The van der Waals surface area contributed by atoms with Crippen molar-refractivity contribution in [1.82, 2.24) is 16.0 Å². The number of hydrogen-bond acceptors (Lipinski definition) is 5. The third kappa shape index (κ3) is 4.13. The molecule has 1 aliphatic heterocycles. The molecule has 90 valence electrons. The average molecular weight is 230 g/mol. The van der Waals surface area contributed by atoms with Gasteiger partial charge in [-0.15, -0.1) is 0 Å². The van der Waals surface area contributed by atoms with E-state index >= 15 is 0 Å². The Labute approximate surface area is 91.9 Å². The van der Waals surface area contributed by atoms with Crippen LogP contribution in [0.2, 0.25) is 0 Å². The van der Waals surface area contributed by atoms with Gasteiger partial charge in [0.15, 0.2) is 0 Å². The van der Waals surface area contributed by atoms with E-state index in [1.807, 2.05) is 0 Å². The second-order valence-corrected chi connectivity index (χ2v) is 3.20. The van der Waals surface area contributed by atoms with E-state index in [1.165, 1.54) is 0 Å². The number of ether oxygens (including phenoxy) is 1.